The number of fused-ring (bicyclic) bond motifs is 2. The zero-order valence-corrected chi connectivity index (χ0v) is 17.6. The number of nitrogens with zero attached hydrogens (tertiary/aromatic N) is 1. The van der Waals surface area contributed by atoms with Gasteiger partial charge >= 0.3 is 6.03 Å². The Labute approximate surface area is 185 Å². The van der Waals surface area contributed by atoms with Crippen molar-refractivity contribution in [3.8, 4) is 11.5 Å². The van der Waals surface area contributed by atoms with Gasteiger partial charge in [0.1, 0.15) is 6.04 Å². The van der Waals surface area contributed by atoms with Crippen LogP contribution in [0.2, 0.25) is 0 Å². The summed E-state index contributed by atoms with van der Waals surface area (Å²) < 4.78 is 10.6. The highest BCUT2D eigenvalue weighted by Crippen LogP contribution is 2.33. The van der Waals surface area contributed by atoms with E-state index >= 15 is 0 Å². The molecule has 2 aliphatic heterocycles. The molecule has 2 heterocycles. The topological polar surface area (TPSA) is 97.0 Å². The van der Waals surface area contributed by atoms with Crippen molar-refractivity contribution in [1.29, 1.82) is 0 Å². The first kappa shape index (κ1) is 20.4. The summed E-state index contributed by atoms with van der Waals surface area (Å²) in [6, 6.07) is 12.4. The molecule has 166 valence electrons. The monoisotopic (exact) mass is 435 g/mol. The molecule has 2 aromatic carbocycles. The molecule has 8 nitrogen and oxygen atoms in total. The molecule has 3 aliphatic rings. The minimum atomic E-state index is -0.694. The number of urea groups is 1. The molecule has 2 aromatic rings. The lowest BCUT2D eigenvalue weighted by Gasteiger charge is -2.26. The van der Waals surface area contributed by atoms with E-state index in [4.69, 9.17) is 9.47 Å². The fourth-order valence-corrected chi connectivity index (χ4v) is 4.59. The minimum Gasteiger partial charge on any atom is -0.454 e. The lowest BCUT2D eigenvalue weighted by atomic mass is 9.87. The number of aryl methyl sites for hydroxylation is 1. The van der Waals surface area contributed by atoms with Crippen LogP contribution >= 0.6 is 0 Å². The molecule has 1 saturated heterocycles. The van der Waals surface area contributed by atoms with E-state index in [0.717, 1.165) is 24.8 Å². The zero-order chi connectivity index (χ0) is 22.1. The SMILES string of the molecule is O=C(CCC1NC(=O)N(Cc2ccc3c(c2)OCO3)C1=O)NC1CCCc2ccccc21. The van der Waals surface area contributed by atoms with E-state index in [2.05, 4.69) is 22.8 Å². The van der Waals surface area contributed by atoms with E-state index < -0.39 is 12.1 Å². The zero-order valence-electron chi connectivity index (χ0n) is 17.6. The first-order valence-corrected chi connectivity index (χ1v) is 11.0. The molecule has 2 atom stereocenters. The Bertz CT molecular complexity index is 1070. The van der Waals surface area contributed by atoms with E-state index in [1.807, 2.05) is 12.1 Å². The van der Waals surface area contributed by atoms with Crippen molar-refractivity contribution in [1.82, 2.24) is 15.5 Å². The molecule has 0 spiro atoms. The van der Waals surface area contributed by atoms with Crippen LogP contribution in [-0.4, -0.2) is 35.6 Å². The summed E-state index contributed by atoms with van der Waals surface area (Å²) in [5.74, 6) is 0.828. The second-order valence-corrected chi connectivity index (χ2v) is 8.36. The van der Waals surface area contributed by atoms with Crippen LogP contribution < -0.4 is 20.1 Å². The standard InChI is InChI=1S/C24H25N3O5/c28-22(25-18-7-3-5-16-4-1-2-6-17(16)18)11-9-19-23(29)27(24(30)26-19)13-15-8-10-20-21(12-15)32-14-31-20/h1-2,4,6,8,10,12,18-19H,3,5,7,9,11,13-14H2,(H,25,28)(H,26,30). The van der Waals surface area contributed by atoms with Gasteiger partial charge in [-0.3, -0.25) is 14.5 Å². The quantitative estimate of drug-likeness (QED) is 0.680. The molecule has 2 unspecified atom stereocenters. The van der Waals surface area contributed by atoms with Crippen molar-refractivity contribution < 1.29 is 23.9 Å². The Morgan fingerprint density at radius 3 is 2.88 bits per heavy atom. The third kappa shape index (κ3) is 4.00. The number of benzene rings is 2. The maximum Gasteiger partial charge on any atom is 0.325 e. The number of imide groups is 1. The van der Waals surface area contributed by atoms with Crippen LogP contribution in [0.1, 0.15) is 48.4 Å². The normalized spacial score (nSPS) is 21.3. The molecule has 1 aliphatic carbocycles. The third-order valence-corrected chi connectivity index (χ3v) is 6.25. The summed E-state index contributed by atoms with van der Waals surface area (Å²) >= 11 is 0. The molecule has 8 heteroatoms. The molecule has 1 fully saturated rings. The summed E-state index contributed by atoms with van der Waals surface area (Å²) in [6.07, 6.45) is 3.42. The highest BCUT2D eigenvalue weighted by atomic mass is 16.7. The van der Waals surface area contributed by atoms with Gasteiger partial charge in [0.05, 0.1) is 12.6 Å². The number of hydrogen-bond acceptors (Lipinski definition) is 5. The Hall–Kier alpha value is -3.55. The van der Waals surface area contributed by atoms with E-state index in [1.54, 1.807) is 18.2 Å². The van der Waals surface area contributed by atoms with Crippen molar-refractivity contribution in [3.63, 3.8) is 0 Å². The van der Waals surface area contributed by atoms with Crippen molar-refractivity contribution in [2.24, 2.45) is 0 Å². The fraction of sp³-hybridized carbons (Fsp3) is 0.375. The first-order chi connectivity index (χ1) is 15.6. The number of ether oxygens (including phenoxy) is 2. The molecule has 5 rings (SSSR count). The van der Waals surface area contributed by atoms with Crippen LogP contribution in [0, 0.1) is 0 Å². The molecule has 0 radical (unpaired) electrons. The number of rotatable bonds is 6. The predicted octanol–water partition coefficient (Wildman–Crippen LogP) is 2.81. The van der Waals surface area contributed by atoms with Gasteiger partial charge in [-0.2, -0.15) is 0 Å². The lowest BCUT2D eigenvalue weighted by Crippen LogP contribution is -2.34. The number of carbonyl (C=O) groups excluding carboxylic acids is 3. The molecule has 0 bridgehead atoms. The smallest absolute Gasteiger partial charge is 0.325 e. The van der Waals surface area contributed by atoms with E-state index in [-0.39, 0.29) is 44.0 Å². The summed E-state index contributed by atoms with van der Waals surface area (Å²) in [4.78, 5) is 38.9. The summed E-state index contributed by atoms with van der Waals surface area (Å²) in [5.41, 5.74) is 3.22. The van der Waals surface area contributed by atoms with E-state index in [0.29, 0.717) is 11.5 Å². The third-order valence-electron chi connectivity index (χ3n) is 6.25. The van der Waals surface area contributed by atoms with Gasteiger partial charge in [-0.15, -0.1) is 0 Å². The average molecular weight is 435 g/mol. The molecule has 32 heavy (non-hydrogen) atoms. The Morgan fingerprint density at radius 1 is 1.12 bits per heavy atom. The second-order valence-electron chi connectivity index (χ2n) is 8.36. The molecule has 4 amide bonds. The van der Waals surface area contributed by atoms with Crippen molar-refractivity contribution in [2.75, 3.05) is 6.79 Å². The molecule has 2 N–H and O–H groups in total. The highest BCUT2D eigenvalue weighted by molar-refractivity contribution is 6.04. The van der Waals surface area contributed by atoms with Crippen LogP contribution in [0.5, 0.6) is 11.5 Å². The van der Waals surface area contributed by atoms with Crippen LogP contribution in [0.15, 0.2) is 42.5 Å². The Kier molecular flexibility index (Phi) is 5.43. The second kappa shape index (κ2) is 8.53. The molecule has 0 saturated carbocycles. The minimum absolute atomic E-state index is 0.00354. The molecular weight excluding hydrogens is 410 g/mol. The van der Waals surface area contributed by atoms with Crippen LogP contribution in [0.3, 0.4) is 0 Å². The van der Waals surface area contributed by atoms with Gasteiger partial charge in [-0.1, -0.05) is 30.3 Å². The summed E-state index contributed by atoms with van der Waals surface area (Å²) in [7, 11) is 0. The highest BCUT2D eigenvalue weighted by Gasteiger charge is 2.38. The largest absolute Gasteiger partial charge is 0.454 e. The van der Waals surface area contributed by atoms with Gasteiger partial charge in [0.25, 0.3) is 5.91 Å². The van der Waals surface area contributed by atoms with Crippen LogP contribution in [-0.2, 0) is 22.6 Å². The van der Waals surface area contributed by atoms with Crippen molar-refractivity contribution in [3.05, 3.63) is 59.2 Å². The van der Waals surface area contributed by atoms with Gasteiger partial charge in [0.15, 0.2) is 11.5 Å². The number of amides is 4. The fourth-order valence-electron chi connectivity index (χ4n) is 4.59. The van der Waals surface area contributed by atoms with E-state index in [9.17, 15) is 14.4 Å². The predicted molar refractivity (Wildman–Crippen MR) is 115 cm³/mol. The van der Waals surface area contributed by atoms with Crippen LogP contribution in [0.25, 0.3) is 0 Å². The van der Waals surface area contributed by atoms with Gasteiger partial charge in [0.2, 0.25) is 12.7 Å². The maximum atomic E-state index is 12.8. The first-order valence-electron chi connectivity index (χ1n) is 11.0. The number of hydrogen-bond donors (Lipinski definition) is 2. The van der Waals surface area contributed by atoms with Gasteiger partial charge in [-0.05, 0) is 54.5 Å². The summed E-state index contributed by atoms with van der Waals surface area (Å²) in [6.45, 7) is 0.307. The average Bonchev–Trinajstić information content (AvgIpc) is 3.37. The maximum absolute atomic E-state index is 12.8. The summed E-state index contributed by atoms with van der Waals surface area (Å²) in [5, 5.41) is 5.80. The van der Waals surface area contributed by atoms with E-state index in [1.165, 1.54) is 16.0 Å². The van der Waals surface area contributed by atoms with Gasteiger partial charge < -0.3 is 20.1 Å². The lowest BCUT2D eigenvalue weighted by molar-refractivity contribution is -0.128. The number of carbonyl (C=O) groups is 3. The van der Waals surface area contributed by atoms with Crippen molar-refractivity contribution in [2.45, 2.75) is 50.7 Å². The Balaban J connectivity index is 1.16. The van der Waals surface area contributed by atoms with Crippen molar-refractivity contribution >= 4 is 17.8 Å². The van der Waals surface area contributed by atoms with Crippen LogP contribution in [0.4, 0.5) is 4.79 Å². The Morgan fingerprint density at radius 2 is 1.97 bits per heavy atom. The van der Waals surface area contributed by atoms with Gasteiger partial charge in [-0.25, -0.2) is 4.79 Å². The molecule has 0 aromatic heterocycles. The number of nitrogens with one attached hydrogen (secondary N) is 2. The molecular formula is C24H25N3O5. The van der Waals surface area contributed by atoms with Gasteiger partial charge in [0, 0.05) is 6.42 Å².